The van der Waals surface area contributed by atoms with Gasteiger partial charge >= 0.3 is 0 Å². The van der Waals surface area contributed by atoms with Gasteiger partial charge in [0, 0.05) is 31.2 Å². The second-order valence-corrected chi connectivity index (χ2v) is 6.97. The molecular formula is C17H35N3. The molecule has 0 aromatic rings. The fraction of sp³-hybridized carbons (Fsp3) is 1.00. The number of nitrogens with zero attached hydrogens (tertiary/aromatic N) is 2. The van der Waals surface area contributed by atoms with E-state index < -0.39 is 0 Å². The van der Waals surface area contributed by atoms with Crippen LogP contribution in [0.4, 0.5) is 0 Å². The number of hydrogen-bond acceptors (Lipinski definition) is 3. The van der Waals surface area contributed by atoms with Crippen LogP contribution in [0, 0.1) is 5.92 Å². The van der Waals surface area contributed by atoms with E-state index in [2.05, 4.69) is 43.1 Å². The van der Waals surface area contributed by atoms with Gasteiger partial charge < -0.3 is 10.2 Å². The van der Waals surface area contributed by atoms with Crippen LogP contribution in [0.15, 0.2) is 0 Å². The Morgan fingerprint density at radius 1 is 1.10 bits per heavy atom. The van der Waals surface area contributed by atoms with Gasteiger partial charge in [-0.15, -0.1) is 0 Å². The molecule has 0 aromatic heterocycles. The standard InChI is InChI=1S/C17H35N3/c1-5-14-8-9-16(18-3)17(12-14)20-11-7-10-19(4)13-15(20)6-2/h14-18H,5-13H2,1-4H3. The molecule has 1 N–H and O–H groups in total. The van der Waals surface area contributed by atoms with Crippen LogP contribution < -0.4 is 5.32 Å². The molecule has 4 atom stereocenters. The number of hydrogen-bond donors (Lipinski definition) is 1. The molecule has 0 radical (unpaired) electrons. The Labute approximate surface area is 126 Å². The lowest BCUT2D eigenvalue weighted by Gasteiger charge is -2.45. The number of rotatable bonds is 4. The maximum absolute atomic E-state index is 3.62. The maximum Gasteiger partial charge on any atom is 0.0255 e. The van der Waals surface area contributed by atoms with Crippen molar-refractivity contribution >= 4 is 0 Å². The summed E-state index contributed by atoms with van der Waals surface area (Å²) in [5.74, 6) is 0.947. The zero-order valence-electron chi connectivity index (χ0n) is 14.1. The maximum atomic E-state index is 3.62. The molecule has 0 bridgehead atoms. The second kappa shape index (κ2) is 7.77. The first-order chi connectivity index (χ1) is 9.69. The van der Waals surface area contributed by atoms with Crippen LogP contribution in [0.25, 0.3) is 0 Å². The third-order valence-corrected chi connectivity index (χ3v) is 5.72. The summed E-state index contributed by atoms with van der Waals surface area (Å²) in [6, 6.07) is 2.21. The lowest BCUT2D eigenvalue weighted by molar-refractivity contribution is 0.0603. The zero-order valence-corrected chi connectivity index (χ0v) is 14.1. The van der Waals surface area contributed by atoms with Crippen molar-refractivity contribution in [2.75, 3.05) is 33.7 Å². The van der Waals surface area contributed by atoms with Crippen molar-refractivity contribution in [3.05, 3.63) is 0 Å². The topological polar surface area (TPSA) is 18.5 Å². The van der Waals surface area contributed by atoms with E-state index >= 15 is 0 Å². The van der Waals surface area contributed by atoms with Gasteiger partial charge in [-0.25, -0.2) is 0 Å². The van der Waals surface area contributed by atoms with E-state index in [-0.39, 0.29) is 0 Å². The van der Waals surface area contributed by atoms with Crippen LogP contribution >= 0.6 is 0 Å². The van der Waals surface area contributed by atoms with Crippen LogP contribution in [0.1, 0.15) is 52.4 Å². The molecule has 2 aliphatic rings. The van der Waals surface area contributed by atoms with E-state index in [1.165, 1.54) is 58.2 Å². The molecular weight excluding hydrogens is 246 g/mol. The van der Waals surface area contributed by atoms with Gasteiger partial charge in [0.15, 0.2) is 0 Å². The molecule has 1 aliphatic carbocycles. The van der Waals surface area contributed by atoms with Crippen molar-refractivity contribution < 1.29 is 0 Å². The molecule has 0 aromatic carbocycles. The molecule has 1 saturated heterocycles. The van der Waals surface area contributed by atoms with E-state index in [4.69, 9.17) is 0 Å². The van der Waals surface area contributed by atoms with E-state index in [1.54, 1.807) is 0 Å². The van der Waals surface area contributed by atoms with Crippen molar-refractivity contribution in [3.8, 4) is 0 Å². The molecule has 3 nitrogen and oxygen atoms in total. The van der Waals surface area contributed by atoms with Gasteiger partial charge in [0.25, 0.3) is 0 Å². The Bertz CT molecular complexity index is 281. The number of nitrogens with one attached hydrogen (secondary N) is 1. The van der Waals surface area contributed by atoms with Crippen LogP contribution in [-0.4, -0.2) is 61.7 Å². The molecule has 0 spiro atoms. The quantitative estimate of drug-likeness (QED) is 0.854. The molecule has 1 aliphatic heterocycles. The molecule has 1 saturated carbocycles. The van der Waals surface area contributed by atoms with Gasteiger partial charge in [0.05, 0.1) is 0 Å². The van der Waals surface area contributed by atoms with Crippen molar-refractivity contribution in [3.63, 3.8) is 0 Å². The Kier molecular flexibility index (Phi) is 6.31. The molecule has 0 amide bonds. The smallest absolute Gasteiger partial charge is 0.0255 e. The molecule has 118 valence electrons. The summed E-state index contributed by atoms with van der Waals surface area (Å²) in [4.78, 5) is 5.40. The highest BCUT2D eigenvalue weighted by Gasteiger charge is 2.36. The van der Waals surface area contributed by atoms with Gasteiger partial charge in [0.2, 0.25) is 0 Å². The highest BCUT2D eigenvalue weighted by molar-refractivity contribution is 4.94. The first-order valence-corrected chi connectivity index (χ1v) is 8.81. The summed E-state index contributed by atoms with van der Waals surface area (Å²) >= 11 is 0. The van der Waals surface area contributed by atoms with Crippen LogP contribution in [-0.2, 0) is 0 Å². The summed E-state index contributed by atoms with van der Waals surface area (Å²) in [5, 5.41) is 3.62. The SMILES string of the molecule is CCC1CCC(NC)C(N2CCCN(C)CC2CC)C1. The van der Waals surface area contributed by atoms with Gasteiger partial charge in [-0.1, -0.05) is 20.3 Å². The largest absolute Gasteiger partial charge is 0.315 e. The fourth-order valence-corrected chi connectivity index (χ4v) is 4.37. The summed E-state index contributed by atoms with van der Waals surface area (Å²) in [6.45, 7) is 8.55. The minimum Gasteiger partial charge on any atom is -0.315 e. The monoisotopic (exact) mass is 281 g/mol. The second-order valence-electron chi connectivity index (χ2n) is 6.97. The highest BCUT2D eigenvalue weighted by atomic mass is 15.3. The van der Waals surface area contributed by atoms with E-state index in [9.17, 15) is 0 Å². The third kappa shape index (κ3) is 3.75. The minimum atomic E-state index is 0.704. The molecule has 2 fully saturated rings. The predicted octanol–water partition coefficient (Wildman–Crippen LogP) is 2.57. The fourth-order valence-electron chi connectivity index (χ4n) is 4.37. The first-order valence-electron chi connectivity index (χ1n) is 8.81. The van der Waals surface area contributed by atoms with Crippen LogP contribution in [0.3, 0.4) is 0 Å². The van der Waals surface area contributed by atoms with Gasteiger partial charge in [-0.2, -0.15) is 0 Å². The van der Waals surface area contributed by atoms with Gasteiger partial charge in [-0.3, -0.25) is 4.90 Å². The highest BCUT2D eigenvalue weighted by Crippen LogP contribution is 2.32. The molecule has 20 heavy (non-hydrogen) atoms. The Morgan fingerprint density at radius 2 is 1.90 bits per heavy atom. The van der Waals surface area contributed by atoms with E-state index in [0.29, 0.717) is 6.04 Å². The predicted molar refractivity (Wildman–Crippen MR) is 87.2 cm³/mol. The van der Waals surface area contributed by atoms with Crippen molar-refractivity contribution in [1.82, 2.24) is 15.1 Å². The van der Waals surface area contributed by atoms with Crippen molar-refractivity contribution in [2.24, 2.45) is 5.92 Å². The minimum absolute atomic E-state index is 0.704. The van der Waals surface area contributed by atoms with Crippen LogP contribution in [0.2, 0.25) is 0 Å². The first kappa shape index (κ1) is 16.3. The average molecular weight is 281 g/mol. The Balaban J connectivity index is 2.11. The van der Waals surface area contributed by atoms with Crippen molar-refractivity contribution in [1.29, 1.82) is 0 Å². The van der Waals surface area contributed by atoms with Crippen LogP contribution in [0.5, 0.6) is 0 Å². The third-order valence-electron chi connectivity index (χ3n) is 5.72. The molecule has 3 heteroatoms. The number of likely N-dealkylation sites (N-methyl/N-ethyl adjacent to an activating group) is 2. The summed E-state index contributed by atoms with van der Waals surface area (Å²) in [7, 11) is 4.45. The summed E-state index contributed by atoms with van der Waals surface area (Å²) < 4.78 is 0. The van der Waals surface area contributed by atoms with Gasteiger partial charge in [-0.05, 0) is 58.7 Å². The Morgan fingerprint density at radius 3 is 2.55 bits per heavy atom. The Hall–Kier alpha value is -0.120. The normalized spacial score (nSPS) is 37.8. The molecule has 4 unspecified atom stereocenters. The van der Waals surface area contributed by atoms with Gasteiger partial charge in [0.1, 0.15) is 0 Å². The summed E-state index contributed by atoms with van der Waals surface area (Å²) in [6.07, 6.45) is 8.16. The molecule has 1 heterocycles. The lowest BCUT2D eigenvalue weighted by Crippen LogP contribution is -2.56. The van der Waals surface area contributed by atoms with E-state index in [0.717, 1.165) is 18.0 Å². The lowest BCUT2D eigenvalue weighted by atomic mass is 9.79. The van der Waals surface area contributed by atoms with Crippen molar-refractivity contribution in [2.45, 2.75) is 70.5 Å². The average Bonchev–Trinajstić information content (AvgIpc) is 2.67. The molecule has 2 rings (SSSR count). The summed E-state index contributed by atoms with van der Waals surface area (Å²) in [5.41, 5.74) is 0. The zero-order chi connectivity index (χ0) is 14.5. The van der Waals surface area contributed by atoms with E-state index in [1.807, 2.05) is 0 Å².